The Morgan fingerprint density at radius 1 is 1.61 bits per heavy atom. The molecule has 1 saturated heterocycles. The number of hydrogen-bond donors (Lipinski definition) is 1. The van der Waals surface area contributed by atoms with Crippen LogP contribution in [-0.2, 0) is 68.2 Å². The Kier molecular flexibility index (Phi) is 14.4. The van der Waals surface area contributed by atoms with Gasteiger partial charge in [0.15, 0.2) is 0 Å². The molecule has 8 heteroatoms. The molecule has 18 heavy (non-hydrogen) atoms. The summed E-state index contributed by atoms with van der Waals surface area (Å²) in [6, 6.07) is 0. The monoisotopic (exact) mass is 519 g/mol. The van der Waals surface area contributed by atoms with Crippen molar-refractivity contribution in [2.75, 3.05) is 18.8 Å². The molecule has 1 N–H and O–H groups in total. The third-order valence-electron chi connectivity index (χ3n) is 1.95. The molecule has 0 aromatic rings. The van der Waals surface area contributed by atoms with Crippen LogP contribution in [0.3, 0.4) is 0 Å². The van der Waals surface area contributed by atoms with E-state index >= 15 is 0 Å². The maximum atomic E-state index is 11.1. The van der Waals surface area contributed by atoms with Crippen LogP contribution >= 0.6 is 0 Å². The van der Waals surface area contributed by atoms with Crippen molar-refractivity contribution in [1.82, 2.24) is 4.90 Å². The molecule has 0 aliphatic carbocycles. The Morgan fingerprint density at radius 2 is 2.17 bits per heavy atom. The first-order valence-corrected chi connectivity index (χ1v) is 6.48. The number of carbonyl (C=O) groups is 1. The van der Waals surface area contributed by atoms with E-state index in [1.54, 1.807) is 6.42 Å². The predicted octanol–water partition coefficient (Wildman–Crippen LogP) is 1.52. The van der Waals surface area contributed by atoms with Gasteiger partial charge in [0, 0.05) is 39.3 Å². The molecule has 1 radical (unpaired) electrons. The minimum Gasteiger partial charge on any atom is -0.478 e. The fourth-order valence-corrected chi connectivity index (χ4v) is 1.79. The second-order valence-electron chi connectivity index (χ2n) is 3.50. The van der Waals surface area contributed by atoms with Crippen molar-refractivity contribution in [3.8, 4) is 0 Å². The van der Waals surface area contributed by atoms with E-state index in [1.807, 2.05) is 0 Å². The maximum Gasteiger partial charge on any atom is 2.00 e. The number of nitrogens with one attached hydrogen (secondary N) is 1. The molecule has 1 aliphatic heterocycles. The number of nitrogens with zero attached hydrogens (tertiary/aromatic N) is 1. The van der Waals surface area contributed by atoms with E-state index in [0.29, 0.717) is 19.5 Å². The average Bonchev–Trinajstić information content (AvgIpc) is 2.37. The zero-order valence-corrected chi connectivity index (χ0v) is 17.1. The largest absolute Gasteiger partial charge is 2.00 e. The van der Waals surface area contributed by atoms with Crippen LogP contribution in [0.5, 0.6) is 0 Å². The first kappa shape index (κ1) is 24.1. The quantitative estimate of drug-likeness (QED) is 0.443. The molecule has 5 nitrogen and oxygen atoms in total. The summed E-state index contributed by atoms with van der Waals surface area (Å²) >= 11 is 0. The second kappa shape index (κ2) is 10.8. The SMILES string of the molecule is [CH2-][C@H]1CN(C[CH-]CCS([CH2-])(=N)=O)C(=O)O1.[CH3-].[W+2].[Y]. The van der Waals surface area contributed by atoms with Crippen LogP contribution in [0.4, 0.5) is 4.79 Å². The molecular weight excluding hydrogens is 501 g/mol. The van der Waals surface area contributed by atoms with Crippen LogP contribution in [0.15, 0.2) is 0 Å². The van der Waals surface area contributed by atoms with Gasteiger partial charge in [-0.25, -0.2) is 11.1 Å². The van der Waals surface area contributed by atoms with Gasteiger partial charge >= 0.3 is 27.2 Å². The normalized spacial score (nSPS) is 20.9. The summed E-state index contributed by atoms with van der Waals surface area (Å²) < 4.78 is 22.8. The summed E-state index contributed by atoms with van der Waals surface area (Å²) in [5.41, 5.74) is 0. The predicted molar refractivity (Wildman–Crippen MR) is 63.6 cm³/mol. The molecule has 0 aromatic carbocycles. The van der Waals surface area contributed by atoms with E-state index in [-0.39, 0.29) is 79.2 Å². The van der Waals surface area contributed by atoms with Crippen LogP contribution in [0.2, 0.25) is 0 Å². The molecular formula is C10H18N2O3SWY-2. The van der Waals surface area contributed by atoms with Crippen molar-refractivity contribution in [3.63, 3.8) is 0 Å². The molecule has 0 spiro atoms. The molecule has 0 saturated carbocycles. The molecule has 103 valence electrons. The van der Waals surface area contributed by atoms with E-state index in [0.717, 1.165) is 0 Å². The smallest absolute Gasteiger partial charge is 0.478 e. The van der Waals surface area contributed by atoms with Crippen molar-refractivity contribution in [3.05, 3.63) is 27.0 Å². The number of carbonyl (C=O) groups excluding carboxylic acids is 1. The van der Waals surface area contributed by atoms with Gasteiger partial charge in [0.2, 0.25) is 0 Å². The van der Waals surface area contributed by atoms with Gasteiger partial charge in [-0.15, -0.1) is 0 Å². The van der Waals surface area contributed by atoms with Crippen LogP contribution in [-0.4, -0.2) is 40.1 Å². The molecule has 0 aromatic heterocycles. The standard InChI is InChI=1S/C9H15N2O3S.CH3.W.Y/c1-8-7-11(9(12)14-8)5-3-4-6-15(2,10)13;;;/h3,8,10H,1-2,4-7H2;1H3;;/q-3;-1;+2;/t8-,15?;;;/m0.../s1. The summed E-state index contributed by atoms with van der Waals surface area (Å²) in [4.78, 5) is 12.6. The number of ether oxygens (including phenoxy) is 1. The molecule has 1 aliphatic rings. The van der Waals surface area contributed by atoms with Gasteiger partial charge in [-0.2, -0.15) is 6.42 Å². The fourth-order valence-electron chi connectivity index (χ4n) is 1.24. The van der Waals surface area contributed by atoms with Gasteiger partial charge in [0.05, 0.1) is 0 Å². The maximum absolute atomic E-state index is 11.1. The zero-order valence-electron chi connectivity index (χ0n) is 10.5. The summed E-state index contributed by atoms with van der Waals surface area (Å²) in [6.45, 7) is 4.55. The number of unbranched alkanes of at least 4 members (excludes halogenated alkanes) is 1. The minimum atomic E-state index is -2.67. The van der Waals surface area contributed by atoms with Crippen molar-refractivity contribution in [2.24, 2.45) is 0 Å². The second-order valence-corrected chi connectivity index (χ2v) is 5.54. The van der Waals surface area contributed by atoms with E-state index in [1.165, 1.54) is 4.90 Å². The van der Waals surface area contributed by atoms with Crippen LogP contribution < -0.4 is 0 Å². The van der Waals surface area contributed by atoms with Gasteiger partial charge in [-0.05, 0) is 11.9 Å². The van der Waals surface area contributed by atoms with Crippen LogP contribution in [0.1, 0.15) is 6.42 Å². The van der Waals surface area contributed by atoms with E-state index in [4.69, 9.17) is 9.52 Å². The minimum absolute atomic E-state index is 0. The Balaban J connectivity index is -0.000000750. The molecule has 0 bridgehead atoms. The van der Waals surface area contributed by atoms with E-state index in [2.05, 4.69) is 13.2 Å². The Hall–Kier alpha value is 1.01. The number of hydrogen-bond acceptors (Lipinski definition) is 4. The fraction of sp³-hybridized carbons (Fsp3) is 0.500. The summed E-state index contributed by atoms with van der Waals surface area (Å²) in [5, 5.41) is 0. The third-order valence-corrected chi connectivity index (χ3v) is 2.85. The molecule has 1 unspecified atom stereocenters. The Bertz CT molecular complexity index is 338. The van der Waals surface area contributed by atoms with Crippen molar-refractivity contribution in [1.29, 1.82) is 4.78 Å². The first-order valence-electron chi connectivity index (χ1n) is 4.58. The van der Waals surface area contributed by atoms with Gasteiger partial charge in [-0.1, -0.05) is 16.3 Å². The molecule has 1 heterocycles. The van der Waals surface area contributed by atoms with Gasteiger partial charge in [0.25, 0.3) is 0 Å². The topological polar surface area (TPSA) is 70.5 Å². The molecule has 1 amide bonds. The van der Waals surface area contributed by atoms with Crippen molar-refractivity contribution >= 4 is 15.8 Å². The average molecular weight is 519 g/mol. The third kappa shape index (κ3) is 9.88. The van der Waals surface area contributed by atoms with Crippen LogP contribution in [0.25, 0.3) is 0 Å². The van der Waals surface area contributed by atoms with Gasteiger partial charge in [-0.3, -0.25) is 8.99 Å². The zero-order chi connectivity index (χ0) is 11.5. The van der Waals surface area contributed by atoms with E-state index in [9.17, 15) is 9.00 Å². The van der Waals surface area contributed by atoms with Gasteiger partial charge in [0.1, 0.15) is 0 Å². The summed E-state index contributed by atoms with van der Waals surface area (Å²) in [6.07, 6.45) is 4.87. The van der Waals surface area contributed by atoms with Crippen molar-refractivity contribution in [2.45, 2.75) is 12.5 Å². The van der Waals surface area contributed by atoms with E-state index < -0.39 is 9.73 Å². The molecule has 2 atom stereocenters. The van der Waals surface area contributed by atoms with Crippen molar-refractivity contribution < 1.29 is 67.5 Å². The summed E-state index contributed by atoms with van der Waals surface area (Å²) in [7, 11) is -2.67. The molecule has 1 fully saturated rings. The van der Waals surface area contributed by atoms with Gasteiger partial charge < -0.3 is 30.4 Å². The number of cyclic esters (lactones) is 1. The number of amides is 1. The first-order chi connectivity index (χ1) is 6.88. The molecule has 1 rings (SSSR count). The Morgan fingerprint density at radius 3 is 2.56 bits per heavy atom. The summed E-state index contributed by atoms with van der Waals surface area (Å²) in [5.74, 6) is 0.226. The number of rotatable bonds is 5. The Labute approximate surface area is 150 Å². The van der Waals surface area contributed by atoms with Crippen LogP contribution in [0, 0.1) is 31.8 Å².